The minimum atomic E-state index is -1.60. The van der Waals surface area contributed by atoms with Gasteiger partial charge in [0, 0.05) is 0 Å². The van der Waals surface area contributed by atoms with Crippen LogP contribution < -0.4 is 0 Å². The number of hydrogen-bond donors (Lipinski definition) is 2. The Hall–Kier alpha value is -0.570. The van der Waals surface area contributed by atoms with E-state index in [2.05, 4.69) is 27.7 Å². The lowest BCUT2D eigenvalue weighted by Crippen LogP contribution is -2.49. The molecule has 0 aromatic carbocycles. The van der Waals surface area contributed by atoms with Gasteiger partial charge in [-0.2, -0.15) is 0 Å². The molecule has 16 heavy (non-hydrogen) atoms. The van der Waals surface area contributed by atoms with Crippen LogP contribution in [0, 0.1) is 16.7 Å². The normalized spacial score (nSPS) is 28.4. The van der Waals surface area contributed by atoms with Gasteiger partial charge in [0.1, 0.15) is 0 Å². The standard InChI is InChI=1S/C13H24O3/c1-11(2)6-9(7-12(3,4)8-11)13(5,16)10(14)15/h9,16H,6-8H2,1-5H3,(H,14,15). The van der Waals surface area contributed by atoms with Gasteiger partial charge in [-0.25, -0.2) is 4.79 Å². The van der Waals surface area contributed by atoms with Crippen molar-refractivity contribution < 1.29 is 15.0 Å². The van der Waals surface area contributed by atoms with Gasteiger partial charge in [0.25, 0.3) is 0 Å². The van der Waals surface area contributed by atoms with E-state index in [1.807, 2.05) is 0 Å². The van der Waals surface area contributed by atoms with Gasteiger partial charge in [0.05, 0.1) is 0 Å². The fourth-order valence-corrected chi connectivity index (χ4v) is 3.42. The highest BCUT2D eigenvalue weighted by atomic mass is 16.4. The zero-order valence-corrected chi connectivity index (χ0v) is 11.0. The molecule has 1 unspecified atom stereocenters. The molecule has 0 spiro atoms. The number of carbonyl (C=O) groups is 1. The number of rotatable bonds is 2. The lowest BCUT2D eigenvalue weighted by Gasteiger charge is -2.48. The zero-order chi connectivity index (χ0) is 12.8. The van der Waals surface area contributed by atoms with Crippen molar-refractivity contribution in [2.24, 2.45) is 16.7 Å². The molecule has 0 aromatic heterocycles. The number of aliphatic hydroxyl groups is 1. The van der Waals surface area contributed by atoms with Crippen molar-refractivity contribution in [2.75, 3.05) is 0 Å². The van der Waals surface area contributed by atoms with Crippen LogP contribution in [0.25, 0.3) is 0 Å². The first-order chi connectivity index (χ1) is 6.96. The van der Waals surface area contributed by atoms with E-state index in [0.717, 1.165) is 19.3 Å². The monoisotopic (exact) mass is 228 g/mol. The first-order valence-corrected chi connectivity index (χ1v) is 5.92. The summed E-state index contributed by atoms with van der Waals surface area (Å²) in [5, 5.41) is 19.2. The van der Waals surface area contributed by atoms with Crippen LogP contribution in [0.2, 0.25) is 0 Å². The maximum atomic E-state index is 11.1. The fraction of sp³-hybridized carbons (Fsp3) is 0.923. The lowest BCUT2D eigenvalue weighted by molar-refractivity contribution is -0.168. The highest BCUT2D eigenvalue weighted by Crippen LogP contribution is 2.51. The van der Waals surface area contributed by atoms with Gasteiger partial charge in [-0.3, -0.25) is 0 Å². The molecule has 1 aliphatic carbocycles. The average molecular weight is 228 g/mol. The zero-order valence-electron chi connectivity index (χ0n) is 11.0. The molecule has 1 atom stereocenters. The van der Waals surface area contributed by atoms with E-state index >= 15 is 0 Å². The molecule has 1 saturated carbocycles. The quantitative estimate of drug-likeness (QED) is 0.764. The molecule has 1 rings (SSSR count). The Bertz CT molecular complexity index is 274. The number of carboxylic acids is 1. The van der Waals surface area contributed by atoms with Gasteiger partial charge in [0.15, 0.2) is 5.60 Å². The minimum absolute atomic E-state index is 0.103. The third-order valence-corrected chi connectivity index (χ3v) is 3.78. The summed E-state index contributed by atoms with van der Waals surface area (Å²) in [5.74, 6) is -1.27. The Morgan fingerprint density at radius 1 is 1.19 bits per heavy atom. The molecule has 0 bridgehead atoms. The van der Waals surface area contributed by atoms with Crippen LogP contribution in [-0.2, 0) is 4.79 Å². The fourth-order valence-electron chi connectivity index (χ4n) is 3.42. The van der Waals surface area contributed by atoms with E-state index in [1.54, 1.807) is 0 Å². The summed E-state index contributed by atoms with van der Waals surface area (Å²) >= 11 is 0. The summed E-state index contributed by atoms with van der Waals surface area (Å²) in [5.41, 5.74) is -1.40. The SMILES string of the molecule is CC1(C)CC(C(C)(O)C(=O)O)CC(C)(C)C1. The molecule has 0 aliphatic heterocycles. The van der Waals surface area contributed by atoms with Crippen molar-refractivity contribution in [3.8, 4) is 0 Å². The molecule has 1 fully saturated rings. The van der Waals surface area contributed by atoms with Crippen molar-refractivity contribution in [3.63, 3.8) is 0 Å². The predicted molar refractivity (Wildman–Crippen MR) is 63.2 cm³/mol. The van der Waals surface area contributed by atoms with E-state index in [9.17, 15) is 9.90 Å². The largest absolute Gasteiger partial charge is 0.479 e. The Kier molecular flexibility index (Phi) is 3.14. The molecule has 3 heteroatoms. The third kappa shape index (κ3) is 2.76. The molecular formula is C13H24O3. The Morgan fingerprint density at radius 2 is 1.56 bits per heavy atom. The van der Waals surface area contributed by atoms with Crippen LogP contribution >= 0.6 is 0 Å². The summed E-state index contributed by atoms with van der Waals surface area (Å²) in [6, 6.07) is 0. The molecule has 94 valence electrons. The van der Waals surface area contributed by atoms with Gasteiger partial charge in [-0.15, -0.1) is 0 Å². The predicted octanol–water partition coefficient (Wildman–Crippen LogP) is 2.67. The molecule has 0 amide bonds. The first-order valence-electron chi connectivity index (χ1n) is 5.92. The smallest absolute Gasteiger partial charge is 0.335 e. The van der Waals surface area contributed by atoms with Gasteiger partial charge < -0.3 is 10.2 Å². The van der Waals surface area contributed by atoms with Crippen molar-refractivity contribution in [3.05, 3.63) is 0 Å². The molecule has 0 radical (unpaired) electrons. The molecule has 0 saturated heterocycles. The Labute approximate surface area is 97.9 Å². The third-order valence-electron chi connectivity index (χ3n) is 3.78. The highest BCUT2D eigenvalue weighted by Gasteiger charge is 2.48. The summed E-state index contributed by atoms with van der Waals surface area (Å²) in [6.45, 7) is 10.0. The maximum absolute atomic E-state index is 11.1. The van der Waals surface area contributed by atoms with E-state index in [-0.39, 0.29) is 16.7 Å². The number of aliphatic carboxylic acids is 1. The summed E-state index contributed by atoms with van der Waals surface area (Å²) in [4.78, 5) is 11.1. The van der Waals surface area contributed by atoms with Crippen molar-refractivity contribution in [1.82, 2.24) is 0 Å². The van der Waals surface area contributed by atoms with Gasteiger partial charge in [-0.05, 0) is 42.9 Å². The van der Waals surface area contributed by atoms with Crippen molar-refractivity contribution in [2.45, 2.75) is 59.5 Å². The lowest BCUT2D eigenvalue weighted by atomic mass is 9.58. The average Bonchev–Trinajstić information content (AvgIpc) is 1.97. The topological polar surface area (TPSA) is 57.5 Å². The van der Waals surface area contributed by atoms with Crippen LogP contribution in [0.1, 0.15) is 53.9 Å². The highest BCUT2D eigenvalue weighted by molar-refractivity contribution is 5.77. The van der Waals surface area contributed by atoms with Crippen molar-refractivity contribution >= 4 is 5.97 Å². The molecule has 1 aliphatic rings. The van der Waals surface area contributed by atoms with E-state index < -0.39 is 11.6 Å². The molecular weight excluding hydrogens is 204 g/mol. The summed E-state index contributed by atoms with van der Waals surface area (Å²) in [7, 11) is 0. The summed E-state index contributed by atoms with van der Waals surface area (Å²) < 4.78 is 0. The first kappa shape index (κ1) is 13.5. The second-order valence-electron chi connectivity index (χ2n) is 7.06. The Morgan fingerprint density at radius 3 is 1.88 bits per heavy atom. The van der Waals surface area contributed by atoms with E-state index in [1.165, 1.54) is 6.92 Å². The maximum Gasteiger partial charge on any atom is 0.335 e. The second-order valence-corrected chi connectivity index (χ2v) is 7.06. The van der Waals surface area contributed by atoms with Crippen LogP contribution in [0.5, 0.6) is 0 Å². The van der Waals surface area contributed by atoms with Gasteiger partial charge in [0.2, 0.25) is 0 Å². The van der Waals surface area contributed by atoms with Crippen LogP contribution in [-0.4, -0.2) is 21.8 Å². The van der Waals surface area contributed by atoms with Crippen molar-refractivity contribution in [1.29, 1.82) is 0 Å². The van der Waals surface area contributed by atoms with Crippen LogP contribution in [0.15, 0.2) is 0 Å². The summed E-state index contributed by atoms with van der Waals surface area (Å²) in [6.07, 6.45) is 2.62. The van der Waals surface area contributed by atoms with Crippen LogP contribution in [0.4, 0.5) is 0 Å². The molecule has 3 nitrogen and oxygen atoms in total. The minimum Gasteiger partial charge on any atom is -0.479 e. The number of hydrogen-bond acceptors (Lipinski definition) is 2. The van der Waals surface area contributed by atoms with Gasteiger partial charge in [-0.1, -0.05) is 27.7 Å². The molecule has 0 heterocycles. The molecule has 0 aromatic rings. The molecule has 2 N–H and O–H groups in total. The Balaban J connectivity index is 2.95. The van der Waals surface area contributed by atoms with E-state index in [0.29, 0.717) is 0 Å². The van der Waals surface area contributed by atoms with Crippen LogP contribution in [0.3, 0.4) is 0 Å². The number of carboxylic acid groups (broad SMARTS) is 1. The van der Waals surface area contributed by atoms with Gasteiger partial charge >= 0.3 is 5.97 Å². The second kappa shape index (κ2) is 3.73. The van der Waals surface area contributed by atoms with E-state index in [4.69, 9.17) is 5.11 Å².